The Kier molecular flexibility index (Phi) is 8.99. The number of rotatable bonds is 12. The molecule has 0 N–H and O–H groups in total. The lowest BCUT2D eigenvalue weighted by Crippen LogP contribution is -2.43. The summed E-state index contributed by atoms with van der Waals surface area (Å²) in [5.41, 5.74) is 0.307. The third-order valence-electron chi connectivity index (χ3n) is 5.10. The van der Waals surface area contributed by atoms with Gasteiger partial charge in [0.1, 0.15) is 10.8 Å². The topological polar surface area (TPSA) is 123 Å². The highest BCUT2D eigenvalue weighted by Crippen LogP contribution is 2.28. The fourth-order valence-electron chi connectivity index (χ4n) is 3.30. The van der Waals surface area contributed by atoms with Crippen LogP contribution in [0.2, 0.25) is 5.02 Å². The third-order valence-corrected chi connectivity index (χ3v) is 7.27. The number of benzene rings is 2. The molecule has 35 heavy (non-hydrogen) atoms. The number of nitro benzene ring substituents is 1. The molecule has 0 aliphatic rings. The van der Waals surface area contributed by atoms with Gasteiger partial charge in [-0.2, -0.15) is 4.31 Å². The van der Waals surface area contributed by atoms with Crippen LogP contribution in [0.4, 0.5) is 5.69 Å². The molecule has 0 unspecified atom stereocenters. The molecule has 0 aliphatic carbocycles. The van der Waals surface area contributed by atoms with E-state index in [1.807, 2.05) is 30.3 Å². The number of methoxy groups -OCH3 is 1. The van der Waals surface area contributed by atoms with Crippen molar-refractivity contribution in [2.24, 2.45) is 0 Å². The van der Waals surface area contributed by atoms with E-state index in [0.717, 1.165) is 22.0 Å². The summed E-state index contributed by atoms with van der Waals surface area (Å²) in [5.74, 6) is 0.0577. The van der Waals surface area contributed by atoms with Crippen molar-refractivity contribution in [1.29, 1.82) is 0 Å². The van der Waals surface area contributed by atoms with Crippen LogP contribution in [-0.2, 0) is 32.6 Å². The summed E-state index contributed by atoms with van der Waals surface area (Å²) in [6, 6.07) is 15.9. The maximum Gasteiger partial charge on any atom is 0.289 e. The molecule has 0 aliphatic heterocycles. The van der Waals surface area contributed by atoms with Crippen molar-refractivity contribution >= 4 is 33.2 Å². The quantitative estimate of drug-likeness (QED) is 0.263. The van der Waals surface area contributed by atoms with E-state index in [0.29, 0.717) is 5.76 Å². The zero-order chi connectivity index (χ0) is 25.4. The number of furan rings is 1. The summed E-state index contributed by atoms with van der Waals surface area (Å²) >= 11 is 5.84. The van der Waals surface area contributed by atoms with Crippen molar-refractivity contribution < 1.29 is 27.3 Å². The maximum absolute atomic E-state index is 13.4. The lowest BCUT2D eigenvalue weighted by molar-refractivity contribution is -0.384. The van der Waals surface area contributed by atoms with Crippen LogP contribution in [0.5, 0.6) is 0 Å². The molecule has 0 saturated carbocycles. The Balaban J connectivity index is 1.90. The molecule has 0 radical (unpaired) electrons. The molecule has 0 bridgehead atoms. The largest absolute Gasteiger partial charge is 0.467 e. The molecule has 10 nitrogen and oxygen atoms in total. The number of hydrogen-bond acceptors (Lipinski definition) is 7. The van der Waals surface area contributed by atoms with E-state index in [1.54, 1.807) is 12.1 Å². The summed E-state index contributed by atoms with van der Waals surface area (Å²) < 4.78 is 38.1. The first-order valence-corrected chi connectivity index (χ1v) is 12.3. The normalized spacial score (nSPS) is 11.5. The molecular formula is C23H24ClN3O7S. The molecule has 3 aromatic rings. The molecule has 0 fully saturated rings. The van der Waals surface area contributed by atoms with Gasteiger partial charge in [-0.25, -0.2) is 8.42 Å². The summed E-state index contributed by atoms with van der Waals surface area (Å²) in [7, 11) is -2.89. The van der Waals surface area contributed by atoms with E-state index in [-0.39, 0.29) is 36.2 Å². The third kappa shape index (κ3) is 6.89. The highest BCUT2D eigenvalue weighted by molar-refractivity contribution is 7.89. The van der Waals surface area contributed by atoms with Crippen molar-refractivity contribution in [1.82, 2.24) is 9.21 Å². The number of nitrogens with zero attached hydrogens (tertiary/aromatic N) is 3. The highest BCUT2D eigenvalue weighted by atomic mass is 35.5. The zero-order valence-electron chi connectivity index (χ0n) is 18.9. The highest BCUT2D eigenvalue weighted by Gasteiger charge is 2.30. The van der Waals surface area contributed by atoms with E-state index < -0.39 is 33.1 Å². The molecule has 3 rings (SSSR count). The lowest BCUT2D eigenvalue weighted by Gasteiger charge is -2.27. The number of ether oxygens (including phenoxy) is 1. The number of nitro groups is 1. The van der Waals surface area contributed by atoms with Gasteiger partial charge in [0.25, 0.3) is 5.69 Å². The maximum atomic E-state index is 13.4. The Bertz CT molecular complexity index is 1250. The summed E-state index contributed by atoms with van der Waals surface area (Å²) in [6.07, 6.45) is 1.49. The van der Waals surface area contributed by atoms with Gasteiger partial charge < -0.3 is 14.1 Å². The molecule has 12 heteroatoms. The SMILES string of the molecule is COCCN(CC(=O)N(Cc1ccccc1)Cc1ccco1)S(=O)(=O)c1ccc(Cl)c([N+](=O)[O-])c1. The van der Waals surface area contributed by atoms with Crippen LogP contribution in [0, 0.1) is 10.1 Å². The zero-order valence-corrected chi connectivity index (χ0v) is 20.4. The van der Waals surface area contributed by atoms with Gasteiger partial charge in [-0.05, 0) is 29.8 Å². The summed E-state index contributed by atoms with van der Waals surface area (Å²) in [6.45, 7) is -0.272. The van der Waals surface area contributed by atoms with Crippen molar-refractivity contribution in [2.75, 3.05) is 26.8 Å². The van der Waals surface area contributed by atoms with Crippen LogP contribution in [0.25, 0.3) is 0 Å². The molecule has 1 aromatic heterocycles. The summed E-state index contributed by atoms with van der Waals surface area (Å²) in [4.78, 5) is 25.0. The Labute approximate surface area is 207 Å². The molecule has 2 aromatic carbocycles. The molecule has 1 heterocycles. The number of hydrogen-bond donors (Lipinski definition) is 0. The minimum atomic E-state index is -4.29. The number of carbonyl (C=O) groups excluding carboxylic acids is 1. The van der Waals surface area contributed by atoms with Crippen LogP contribution in [0.1, 0.15) is 11.3 Å². The Morgan fingerprint density at radius 2 is 1.86 bits per heavy atom. The van der Waals surface area contributed by atoms with Gasteiger partial charge in [-0.15, -0.1) is 0 Å². The van der Waals surface area contributed by atoms with Crippen molar-refractivity contribution in [3.63, 3.8) is 0 Å². The van der Waals surface area contributed by atoms with E-state index in [1.165, 1.54) is 24.3 Å². The summed E-state index contributed by atoms with van der Waals surface area (Å²) in [5, 5.41) is 11.1. The van der Waals surface area contributed by atoms with Crippen LogP contribution in [-0.4, -0.2) is 55.3 Å². The Morgan fingerprint density at radius 3 is 2.49 bits per heavy atom. The predicted octanol–water partition coefficient (Wildman–Crippen LogP) is 3.71. The fraction of sp³-hybridized carbons (Fsp3) is 0.261. The minimum absolute atomic E-state index is 0.0130. The first-order valence-electron chi connectivity index (χ1n) is 10.5. The van der Waals surface area contributed by atoms with Gasteiger partial charge in [-0.1, -0.05) is 41.9 Å². The molecular weight excluding hydrogens is 498 g/mol. The van der Waals surface area contributed by atoms with Crippen LogP contribution >= 0.6 is 11.6 Å². The second-order valence-electron chi connectivity index (χ2n) is 7.52. The second kappa shape index (κ2) is 11.9. The number of amides is 1. The number of halogens is 1. The van der Waals surface area contributed by atoms with E-state index in [9.17, 15) is 23.3 Å². The average molecular weight is 522 g/mol. The van der Waals surface area contributed by atoms with E-state index in [4.69, 9.17) is 20.8 Å². The van der Waals surface area contributed by atoms with Gasteiger partial charge in [0.2, 0.25) is 15.9 Å². The van der Waals surface area contributed by atoms with Gasteiger partial charge in [0, 0.05) is 26.3 Å². The fourth-order valence-corrected chi connectivity index (χ4v) is 4.88. The average Bonchev–Trinajstić information content (AvgIpc) is 3.35. The molecule has 1 amide bonds. The molecule has 0 spiro atoms. The first kappa shape index (κ1) is 26.4. The lowest BCUT2D eigenvalue weighted by atomic mass is 10.2. The van der Waals surface area contributed by atoms with Gasteiger partial charge in [0.15, 0.2) is 0 Å². The smallest absolute Gasteiger partial charge is 0.289 e. The second-order valence-corrected chi connectivity index (χ2v) is 9.86. The van der Waals surface area contributed by atoms with Crippen LogP contribution in [0.3, 0.4) is 0 Å². The standard InChI is InChI=1S/C23H24ClN3O7S/c1-33-13-11-26(35(31,32)20-9-10-21(24)22(14-20)27(29)30)17-23(28)25(16-19-8-5-12-34-19)15-18-6-3-2-4-7-18/h2-10,12,14H,11,13,15-17H2,1H3. The van der Waals surface area contributed by atoms with Gasteiger partial charge in [-0.3, -0.25) is 14.9 Å². The van der Waals surface area contributed by atoms with Crippen LogP contribution in [0.15, 0.2) is 76.2 Å². The van der Waals surface area contributed by atoms with Gasteiger partial charge in [0.05, 0.1) is 35.8 Å². The first-order chi connectivity index (χ1) is 16.7. The van der Waals surface area contributed by atoms with Gasteiger partial charge >= 0.3 is 0 Å². The van der Waals surface area contributed by atoms with E-state index >= 15 is 0 Å². The Morgan fingerprint density at radius 1 is 1.11 bits per heavy atom. The number of carbonyl (C=O) groups is 1. The Hall–Kier alpha value is -3.25. The number of sulfonamides is 1. The predicted molar refractivity (Wildman–Crippen MR) is 128 cm³/mol. The molecule has 0 atom stereocenters. The van der Waals surface area contributed by atoms with Crippen LogP contribution < -0.4 is 0 Å². The molecule has 0 saturated heterocycles. The van der Waals surface area contributed by atoms with Crippen molar-refractivity contribution in [3.8, 4) is 0 Å². The van der Waals surface area contributed by atoms with E-state index in [2.05, 4.69) is 0 Å². The minimum Gasteiger partial charge on any atom is -0.467 e. The molecule has 186 valence electrons. The monoisotopic (exact) mass is 521 g/mol. The van der Waals surface area contributed by atoms with Crippen molar-refractivity contribution in [3.05, 3.63) is 93.4 Å². The van der Waals surface area contributed by atoms with Crippen molar-refractivity contribution in [2.45, 2.75) is 18.0 Å².